The molecule has 6 nitrogen and oxygen atoms in total. The van der Waals surface area contributed by atoms with Crippen molar-refractivity contribution < 1.29 is 14.7 Å². The van der Waals surface area contributed by atoms with Gasteiger partial charge in [-0.3, -0.25) is 9.59 Å². The molecule has 0 saturated heterocycles. The van der Waals surface area contributed by atoms with Crippen LogP contribution in [0.1, 0.15) is 24.6 Å². The Morgan fingerprint density at radius 3 is 2.64 bits per heavy atom. The molecule has 0 aliphatic heterocycles. The molecule has 2 N–H and O–H groups in total. The summed E-state index contributed by atoms with van der Waals surface area (Å²) >= 11 is 0. The Labute approximate surface area is 146 Å². The molecule has 0 spiro atoms. The van der Waals surface area contributed by atoms with E-state index in [1.54, 1.807) is 12.3 Å². The summed E-state index contributed by atoms with van der Waals surface area (Å²) in [6.45, 7) is 4.08. The molecule has 0 radical (unpaired) electrons. The van der Waals surface area contributed by atoms with E-state index in [9.17, 15) is 9.59 Å². The van der Waals surface area contributed by atoms with E-state index in [2.05, 4.69) is 17.3 Å². The highest BCUT2D eigenvalue weighted by Crippen LogP contribution is 2.28. The van der Waals surface area contributed by atoms with Crippen LogP contribution in [-0.2, 0) is 16.0 Å². The SMILES string of the molecule is CCCc1c(NC(=O)[C@@H]2C=C[C@@H]2C(=O)O)cnn1-c1cccc(C)c1. The van der Waals surface area contributed by atoms with Crippen molar-refractivity contribution in [3.05, 3.63) is 53.9 Å². The van der Waals surface area contributed by atoms with E-state index in [0.29, 0.717) is 5.69 Å². The van der Waals surface area contributed by atoms with Gasteiger partial charge in [-0.15, -0.1) is 0 Å². The van der Waals surface area contributed by atoms with E-state index in [4.69, 9.17) is 5.11 Å². The van der Waals surface area contributed by atoms with Gasteiger partial charge in [0.05, 0.1) is 35.1 Å². The lowest BCUT2D eigenvalue weighted by Gasteiger charge is -2.24. The number of aromatic nitrogens is 2. The van der Waals surface area contributed by atoms with Crippen LogP contribution in [0, 0.1) is 18.8 Å². The second kappa shape index (κ2) is 6.93. The lowest BCUT2D eigenvalue weighted by atomic mass is 9.81. The van der Waals surface area contributed by atoms with E-state index in [1.807, 2.05) is 35.9 Å². The van der Waals surface area contributed by atoms with Crippen LogP contribution in [0.3, 0.4) is 0 Å². The third kappa shape index (κ3) is 3.33. The Kier molecular flexibility index (Phi) is 4.70. The molecule has 130 valence electrons. The maximum Gasteiger partial charge on any atom is 0.311 e. The van der Waals surface area contributed by atoms with Crippen molar-refractivity contribution in [1.29, 1.82) is 0 Å². The van der Waals surface area contributed by atoms with Crippen LogP contribution in [0.4, 0.5) is 5.69 Å². The number of hydrogen-bond donors (Lipinski definition) is 2. The summed E-state index contributed by atoms with van der Waals surface area (Å²) in [5.74, 6) is -2.67. The summed E-state index contributed by atoms with van der Waals surface area (Å²) < 4.78 is 1.83. The third-order valence-electron chi connectivity index (χ3n) is 4.36. The predicted molar refractivity (Wildman–Crippen MR) is 94.7 cm³/mol. The molecule has 6 heteroatoms. The first-order valence-corrected chi connectivity index (χ1v) is 8.37. The minimum atomic E-state index is -0.980. The monoisotopic (exact) mass is 339 g/mol. The zero-order valence-electron chi connectivity index (χ0n) is 14.3. The molecule has 0 unspecified atom stereocenters. The maximum atomic E-state index is 12.4. The first kappa shape index (κ1) is 17.0. The topological polar surface area (TPSA) is 84.2 Å². The summed E-state index contributed by atoms with van der Waals surface area (Å²) in [6.07, 6.45) is 6.45. The fourth-order valence-corrected chi connectivity index (χ4v) is 2.97. The van der Waals surface area contributed by atoms with E-state index in [0.717, 1.165) is 29.8 Å². The summed E-state index contributed by atoms with van der Waals surface area (Å²) in [5.41, 5.74) is 3.62. The number of nitrogens with zero attached hydrogens (tertiary/aromatic N) is 2. The summed E-state index contributed by atoms with van der Waals surface area (Å²) in [5, 5.41) is 16.4. The zero-order chi connectivity index (χ0) is 18.0. The number of carbonyl (C=O) groups is 2. The quantitative estimate of drug-likeness (QED) is 0.793. The van der Waals surface area contributed by atoms with Crippen molar-refractivity contribution in [3.8, 4) is 5.69 Å². The molecule has 1 heterocycles. The van der Waals surface area contributed by atoms with Gasteiger partial charge < -0.3 is 10.4 Å². The van der Waals surface area contributed by atoms with Crippen LogP contribution in [-0.4, -0.2) is 26.8 Å². The fourth-order valence-electron chi connectivity index (χ4n) is 2.97. The number of rotatable bonds is 6. The van der Waals surface area contributed by atoms with Crippen LogP contribution in [0.2, 0.25) is 0 Å². The summed E-state index contributed by atoms with van der Waals surface area (Å²) in [6, 6.07) is 7.99. The van der Waals surface area contributed by atoms with E-state index >= 15 is 0 Å². The number of aryl methyl sites for hydroxylation is 1. The Morgan fingerprint density at radius 2 is 2.04 bits per heavy atom. The molecule has 1 aliphatic carbocycles. The second-order valence-electron chi connectivity index (χ2n) is 6.27. The minimum absolute atomic E-state index is 0.309. The van der Waals surface area contributed by atoms with E-state index in [-0.39, 0.29) is 5.91 Å². The standard InChI is InChI=1S/C19H21N3O3/c1-3-5-17-16(21-18(23)14-8-9-15(14)19(24)25)11-20-22(17)13-7-4-6-12(2)10-13/h4,6-11,14-15H,3,5H2,1-2H3,(H,21,23)(H,24,25)/t14-,15+/m1/s1. The van der Waals surface area contributed by atoms with Crippen molar-refractivity contribution in [1.82, 2.24) is 9.78 Å². The van der Waals surface area contributed by atoms with Crippen molar-refractivity contribution in [2.75, 3.05) is 5.32 Å². The molecule has 0 saturated carbocycles. The normalized spacial score (nSPS) is 18.6. The predicted octanol–water partition coefficient (Wildman–Crippen LogP) is 2.96. The van der Waals surface area contributed by atoms with Gasteiger partial charge in [0.15, 0.2) is 0 Å². The number of carboxylic acid groups (broad SMARTS) is 1. The zero-order valence-corrected chi connectivity index (χ0v) is 14.3. The number of carboxylic acids is 1. The van der Waals surface area contributed by atoms with Crippen molar-refractivity contribution in [2.45, 2.75) is 26.7 Å². The lowest BCUT2D eigenvalue weighted by Crippen LogP contribution is -2.36. The summed E-state index contributed by atoms with van der Waals surface area (Å²) in [7, 11) is 0. The number of nitrogens with one attached hydrogen (secondary N) is 1. The molecular formula is C19H21N3O3. The first-order chi connectivity index (χ1) is 12.0. The first-order valence-electron chi connectivity index (χ1n) is 8.37. The van der Waals surface area contributed by atoms with Gasteiger partial charge in [-0.1, -0.05) is 37.6 Å². The molecule has 0 bridgehead atoms. The van der Waals surface area contributed by atoms with Crippen molar-refractivity contribution in [3.63, 3.8) is 0 Å². The molecular weight excluding hydrogens is 318 g/mol. The average molecular weight is 339 g/mol. The Hall–Kier alpha value is -2.89. The molecule has 1 amide bonds. The van der Waals surface area contributed by atoms with Crippen molar-refractivity contribution in [2.24, 2.45) is 11.8 Å². The molecule has 2 atom stereocenters. The molecule has 25 heavy (non-hydrogen) atoms. The van der Waals surface area contributed by atoms with Crippen molar-refractivity contribution >= 4 is 17.6 Å². The Bertz CT molecular complexity index is 838. The third-order valence-corrected chi connectivity index (χ3v) is 4.36. The van der Waals surface area contributed by atoms with Gasteiger partial charge in [0.1, 0.15) is 0 Å². The van der Waals surface area contributed by atoms with E-state index in [1.165, 1.54) is 6.08 Å². The highest BCUT2D eigenvalue weighted by atomic mass is 16.4. The molecule has 1 aliphatic rings. The number of anilines is 1. The second-order valence-corrected chi connectivity index (χ2v) is 6.27. The number of carbonyl (C=O) groups excluding carboxylic acids is 1. The molecule has 1 aromatic heterocycles. The van der Waals surface area contributed by atoms with Crippen LogP contribution < -0.4 is 5.32 Å². The van der Waals surface area contributed by atoms with E-state index < -0.39 is 17.8 Å². The van der Waals surface area contributed by atoms with Gasteiger partial charge in [0, 0.05) is 0 Å². The molecule has 2 aromatic rings. The van der Waals surface area contributed by atoms with Crippen LogP contribution in [0.25, 0.3) is 5.69 Å². The highest BCUT2D eigenvalue weighted by molar-refractivity contribution is 5.98. The maximum absolute atomic E-state index is 12.4. The fraction of sp³-hybridized carbons (Fsp3) is 0.316. The number of benzene rings is 1. The van der Waals surface area contributed by atoms with Gasteiger partial charge in [0.25, 0.3) is 0 Å². The lowest BCUT2D eigenvalue weighted by molar-refractivity contribution is -0.144. The van der Waals surface area contributed by atoms with Gasteiger partial charge in [-0.05, 0) is 31.0 Å². The number of amides is 1. The molecule has 0 fully saturated rings. The average Bonchev–Trinajstić information content (AvgIpc) is 2.88. The highest BCUT2D eigenvalue weighted by Gasteiger charge is 2.36. The Morgan fingerprint density at radius 1 is 1.28 bits per heavy atom. The van der Waals surface area contributed by atoms with Crippen LogP contribution in [0.15, 0.2) is 42.6 Å². The van der Waals surface area contributed by atoms with Crippen LogP contribution >= 0.6 is 0 Å². The summed E-state index contributed by atoms with van der Waals surface area (Å²) in [4.78, 5) is 23.5. The number of aliphatic carboxylic acids is 1. The minimum Gasteiger partial charge on any atom is -0.481 e. The Balaban J connectivity index is 1.86. The molecule has 3 rings (SSSR count). The molecule has 1 aromatic carbocycles. The van der Waals surface area contributed by atoms with Gasteiger partial charge in [-0.2, -0.15) is 5.10 Å². The van der Waals surface area contributed by atoms with Crippen LogP contribution in [0.5, 0.6) is 0 Å². The number of hydrogen-bond acceptors (Lipinski definition) is 3. The van der Waals surface area contributed by atoms with Gasteiger partial charge in [-0.25, -0.2) is 4.68 Å². The van der Waals surface area contributed by atoms with Gasteiger partial charge in [0.2, 0.25) is 5.91 Å². The smallest absolute Gasteiger partial charge is 0.311 e. The van der Waals surface area contributed by atoms with Gasteiger partial charge >= 0.3 is 5.97 Å². The largest absolute Gasteiger partial charge is 0.481 e.